The average Bonchev–Trinajstić information content (AvgIpc) is 2.94. The predicted octanol–water partition coefficient (Wildman–Crippen LogP) is 11.7. The van der Waals surface area contributed by atoms with Gasteiger partial charge in [-0.1, -0.05) is 106 Å². The molecule has 6 rings (SSSR count). The van der Waals surface area contributed by atoms with Gasteiger partial charge in [-0.3, -0.25) is 0 Å². The van der Waals surface area contributed by atoms with Gasteiger partial charge in [0.2, 0.25) is 0 Å². The zero-order valence-electron chi connectivity index (χ0n) is 28.3. The van der Waals surface area contributed by atoms with E-state index in [9.17, 15) is 0 Å². The third-order valence-electron chi connectivity index (χ3n) is 7.87. The number of likely N-dealkylation sites (N-methyl/N-ethyl adjacent to an activating group) is 2. The molecule has 0 spiro atoms. The van der Waals surface area contributed by atoms with E-state index in [4.69, 9.17) is 46.4 Å². The van der Waals surface area contributed by atoms with Gasteiger partial charge in [-0.2, -0.15) is 0 Å². The van der Waals surface area contributed by atoms with E-state index in [1.54, 1.807) is 0 Å². The van der Waals surface area contributed by atoms with Crippen LogP contribution in [0.3, 0.4) is 0 Å². The van der Waals surface area contributed by atoms with Crippen LogP contribution in [0.2, 0.25) is 20.1 Å². The van der Waals surface area contributed by atoms with Gasteiger partial charge >= 0.3 is 42.1 Å². The van der Waals surface area contributed by atoms with Gasteiger partial charge in [0.05, 0.1) is 0 Å². The Morgan fingerprint density at radius 2 is 0.957 bits per heavy atom. The molecule has 2 atom stereocenters. The largest absolute Gasteiger partial charge is 2.00 e. The minimum atomic E-state index is 0. The fourth-order valence-corrected chi connectivity index (χ4v) is 7.17. The molecule has 8 heteroatoms. The van der Waals surface area contributed by atoms with Gasteiger partial charge in [-0.15, -0.1) is 0 Å². The van der Waals surface area contributed by atoms with Crippen LogP contribution >= 0.6 is 46.4 Å². The second-order valence-corrected chi connectivity index (χ2v) is 13.3. The number of fused-ring (bicyclic) bond motifs is 2. The number of halogens is 4. The molecule has 0 aliphatic carbocycles. The maximum atomic E-state index is 6.39. The van der Waals surface area contributed by atoms with Gasteiger partial charge in [-0.05, 0) is 85.6 Å². The van der Waals surface area contributed by atoms with Crippen molar-refractivity contribution in [1.82, 2.24) is 9.80 Å². The molecule has 2 aliphatic heterocycles. The molecule has 2 aliphatic rings. The first-order valence-electron chi connectivity index (χ1n) is 14.5. The van der Waals surface area contributed by atoms with Crippen LogP contribution in [0.5, 0.6) is 0 Å². The van der Waals surface area contributed by atoms with Gasteiger partial charge in [0, 0.05) is 58.1 Å². The molecule has 4 aromatic rings. The second kappa shape index (κ2) is 21.5. The summed E-state index contributed by atoms with van der Waals surface area (Å²) in [5, 5.41) is 2.99. The summed E-state index contributed by atoms with van der Waals surface area (Å²) in [4.78, 5) is 4.63. The van der Waals surface area contributed by atoms with Crippen LogP contribution < -0.4 is 0 Å². The monoisotopic (exact) mass is 1050 g/mol. The molecular weight excluding hydrogens is 1010 g/mol. The summed E-state index contributed by atoms with van der Waals surface area (Å²) in [5.74, 6) is 0.666. The summed E-state index contributed by atoms with van der Waals surface area (Å²) in [6.07, 6.45) is 0.750. The fourth-order valence-electron chi connectivity index (χ4n) is 6.03. The third kappa shape index (κ3) is 12.3. The zero-order valence-corrected chi connectivity index (χ0v) is 37.1. The Balaban J connectivity index is 0.000000771. The number of rotatable bonds is 2. The fraction of sp³-hybridized carbons (Fsp3) is 0.282. The number of benzene rings is 4. The molecule has 0 N–H and O–H groups in total. The molecule has 0 radical (unpaired) electrons. The maximum absolute atomic E-state index is 6.39. The maximum Gasteiger partial charge on any atom is 2.00 e. The number of hydrogen-bond acceptors (Lipinski definition) is 2. The molecule has 0 saturated heterocycles. The van der Waals surface area contributed by atoms with Crippen LogP contribution in [-0.2, 0) is 55.2 Å². The SMILES string of the molecule is Cc1cccc([C@@H]2CN(C)Cc3c(Cl)cc(Cl)cc32)c1.Cc1cccc([C@@H]2CN(C)Cc3c(Cl)cc(Cl)cc32)c1.[CH2-]C[CH2-].[CH3-].[CH3-].[W+2].[W+2]. The molecule has 0 aromatic heterocycles. The van der Waals surface area contributed by atoms with Crippen LogP contribution in [0.1, 0.15) is 62.8 Å². The zero-order chi connectivity index (χ0) is 31.3. The first kappa shape index (κ1) is 46.3. The van der Waals surface area contributed by atoms with Crippen molar-refractivity contribution in [3.05, 3.63) is 166 Å². The summed E-state index contributed by atoms with van der Waals surface area (Å²) in [5.41, 5.74) is 10.2. The molecule has 0 fully saturated rings. The number of nitrogens with zero attached hydrogens (tertiary/aromatic N) is 2. The van der Waals surface area contributed by atoms with E-state index in [2.05, 4.69) is 112 Å². The van der Waals surface area contributed by atoms with E-state index >= 15 is 0 Å². The Labute approximate surface area is 334 Å². The Bertz CT molecular complexity index is 1450. The standard InChI is InChI=1S/2C17H17Cl2N.C3H6.2CH3.2W/c2*1-11-4-3-5-12(6-11)15-9-20(2)10-16-14(15)7-13(18)8-17(16)19;1-3-2;;;;/h2*3-8,15H,9-10H2,1-2H3;1-3H2;2*1H3;;/q;;-2;2*-1;2*+2/t2*15-;;;;;/m00...../s1. The van der Waals surface area contributed by atoms with Gasteiger partial charge in [0.15, 0.2) is 0 Å². The van der Waals surface area contributed by atoms with Crippen molar-refractivity contribution in [2.45, 2.75) is 45.2 Å². The normalized spacial score (nSPS) is 16.5. The summed E-state index contributed by atoms with van der Waals surface area (Å²) in [6.45, 7) is 14.8. The van der Waals surface area contributed by atoms with Crippen LogP contribution in [-0.4, -0.2) is 37.0 Å². The third-order valence-corrected chi connectivity index (χ3v) is 8.98. The van der Waals surface area contributed by atoms with Crippen molar-refractivity contribution in [3.8, 4) is 0 Å². The Morgan fingerprint density at radius 3 is 1.28 bits per heavy atom. The molecular formula is C39H46Cl4N2W2. The first-order chi connectivity index (χ1) is 20.5. The Hall–Kier alpha value is -0.663. The van der Waals surface area contributed by atoms with E-state index in [-0.39, 0.29) is 57.0 Å². The molecule has 0 saturated carbocycles. The van der Waals surface area contributed by atoms with Crippen molar-refractivity contribution in [1.29, 1.82) is 0 Å². The van der Waals surface area contributed by atoms with Crippen LogP contribution in [0, 0.1) is 42.5 Å². The molecule has 252 valence electrons. The summed E-state index contributed by atoms with van der Waals surface area (Å²) < 4.78 is 0. The molecule has 2 heterocycles. The average molecular weight is 1050 g/mol. The second-order valence-electron chi connectivity index (χ2n) is 11.6. The van der Waals surface area contributed by atoms with Gasteiger partial charge < -0.3 is 44.9 Å². The molecule has 0 unspecified atom stereocenters. The summed E-state index contributed by atoms with van der Waals surface area (Å²) >= 11 is 25.2. The Kier molecular flexibility index (Phi) is 21.2. The van der Waals surface area contributed by atoms with Crippen LogP contribution in [0.15, 0.2) is 72.8 Å². The van der Waals surface area contributed by atoms with E-state index in [1.165, 1.54) is 44.5 Å². The molecule has 47 heavy (non-hydrogen) atoms. The Morgan fingerprint density at radius 1 is 0.617 bits per heavy atom. The predicted molar refractivity (Wildman–Crippen MR) is 200 cm³/mol. The molecule has 0 bridgehead atoms. The van der Waals surface area contributed by atoms with Crippen LogP contribution in [0.25, 0.3) is 0 Å². The van der Waals surface area contributed by atoms with E-state index in [0.717, 1.165) is 52.7 Å². The van der Waals surface area contributed by atoms with Crippen molar-refractivity contribution in [2.75, 3.05) is 27.2 Å². The van der Waals surface area contributed by atoms with Gasteiger partial charge in [0.25, 0.3) is 0 Å². The van der Waals surface area contributed by atoms with Crippen molar-refractivity contribution >= 4 is 46.4 Å². The number of aryl methyl sites for hydroxylation is 2. The van der Waals surface area contributed by atoms with E-state index in [0.29, 0.717) is 11.8 Å². The van der Waals surface area contributed by atoms with Gasteiger partial charge in [-0.25, -0.2) is 0 Å². The first-order valence-corrected chi connectivity index (χ1v) is 16.1. The minimum Gasteiger partial charge on any atom is -0.372 e. The smallest absolute Gasteiger partial charge is 0.372 e. The quantitative estimate of drug-likeness (QED) is 0.185. The topological polar surface area (TPSA) is 6.48 Å². The van der Waals surface area contributed by atoms with Crippen LogP contribution in [0.4, 0.5) is 0 Å². The number of hydrogen-bond donors (Lipinski definition) is 0. The van der Waals surface area contributed by atoms with E-state index in [1.807, 2.05) is 12.1 Å². The van der Waals surface area contributed by atoms with Gasteiger partial charge in [0.1, 0.15) is 0 Å². The molecule has 4 aromatic carbocycles. The summed E-state index contributed by atoms with van der Waals surface area (Å²) in [7, 11) is 4.27. The van der Waals surface area contributed by atoms with E-state index < -0.39 is 0 Å². The van der Waals surface area contributed by atoms with Crippen molar-refractivity contribution in [3.63, 3.8) is 0 Å². The van der Waals surface area contributed by atoms with Crippen molar-refractivity contribution < 1.29 is 42.1 Å². The minimum absolute atomic E-state index is 0. The summed E-state index contributed by atoms with van der Waals surface area (Å²) in [6, 6.07) is 25.2. The molecule has 2 nitrogen and oxygen atoms in total. The van der Waals surface area contributed by atoms with Crippen molar-refractivity contribution in [2.24, 2.45) is 0 Å². The molecule has 0 amide bonds.